The Morgan fingerprint density at radius 1 is 1.12 bits per heavy atom. The normalized spacial score (nSPS) is 12.3. The van der Waals surface area contributed by atoms with E-state index in [1.807, 2.05) is 11.5 Å². The number of esters is 1. The molecule has 0 radical (unpaired) electrons. The first-order valence-electron chi connectivity index (χ1n) is 10.1. The predicted molar refractivity (Wildman–Crippen MR) is 120 cm³/mol. The molecule has 0 aliphatic carbocycles. The average molecular weight is 479 g/mol. The van der Waals surface area contributed by atoms with Crippen molar-refractivity contribution in [1.29, 1.82) is 0 Å². The number of hydrogen-bond donors (Lipinski definition) is 0. The number of benzene rings is 2. The van der Waals surface area contributed by atoms with Crippen LogP contribution in [0.1, 0.15) is 37.0 Å². The summed E-state index contributed by atoms with van der Waals surface area (Å²) in [6.07, 6.45) is 0.0680. The third-order valence-electron chi connectivity index (χ3n) is 4.71. The number of aromatic nitrogens is 1. The molecule has 0 atom stereocenters. The minimum absolute atomic E-state index is 0.0222. The van der Waals surface area contributed by atoms with Crippen molar-refractivity contribution in [1.82, 2.24) is 4.57 Å². The number of amides is 1. The van der Waals surface area contributed by atoms with Gasteiger partial charge >= 0.3 is 5.97 Å². The van der Waals surface area contributed by atoms with E-state index in [4.69, 9.17) is 4.74 Å². The lowest BCUT2D eigenvalue weighted by Gasteiger charge is -2.04. The van der Waals surface area contributed by atoms with Crippen LogP contribution in [0.15, 0.2) is 52.4 Å². The number of sulfone groups is 1. The second-order valence-electron chi connectivity index (χ2n) is 6.91. The van der Waals surface area contributed by atoms with Gasteiger partial charge in [0, 0.05) is 13.0 Å². The van der Waals surface area contributed by atoms with Crippen molar-refractivity contribution in [3.05, 3.63) is 58.6 Å². The van der Waals surface area contributed by atoms with Gasteiger partial charge < -0.3 is 9.30 Å². The summed E-state index contributed by atoms with van der Waals surface area (Å²) in [5, 5.41) is 0. The molecule has 0 N–H and O–H groups in total. The summed E-state index contributed by atoms with van der Waals surface area (Å²) < 4.78 is 45.3. The van der Waals surface area contributed by atoms with Crippen molar-refractivity contribution in [3.63, 3.8) is 0 Å². The van der Waals surface area contributed by atoms with Crippen LogP contribution >= 0.6 is 11.3 Å². The van der Waals surface area contributed by atoms with Crippen LogP contribution in [-0.2, 0) is 25.9 Å². The number of carbonyl (C=O) groups is 2. The van der Waals surface area contributed by atoms with Gasteiger partial charge in [0.2, 0.25) is 5.91 Å². The summed E-state index contributed by atoms with van der Waals surface area (Å²) in [7, 11) is -3.60. The minimum atomic E-state index is -3.60. The van der Waals surface area contributed by atoms with E-state index in [1.165, 1.54) is 23.5 Å². The Labute approximate surface area is 189 Å². The molecule has 32 heavy (non-hydrogen) atoms. The Bertz CT molecular complexity index is 1310. The summed E-state index contributed by atoms with van der Waals surface area (Å²) in [5.41, 5.74) is 1.27. The van der Waals surface area contributed by atoms with Crippen LogP contribution in [0.2, 0.25) is 0 Å². The Balaban J connectivity index is 1.75. The Morgan fingerprint density at radius 3 is 2.50 bits per heavy atom. The van der Waals surface area contributed by atoms with Crippen molar-refractivity contribution in [2.75, 3.05) is 12.4 Å². The Morgan fingerprint density at radius 2 is 1.84 bits per heavy atom. The first kappa shape index (κ1) is 23.8. The van der Waals surface area contributed by atoms with Crippen LogP contribution in [0.5, 0.6) is 0 Å². The van der Waals surface area contributed by atoms with E-state index >= 15 is 0 Å². The van der Waals surface area contributed by atoms with Gasteiger partial charge in [-0.25, -0.2) is 17.6 Å². The van der Waals surface area contributed by atoms with Gasteiger partial charge in [0.05, 0.1) is 33.0 Å². The molecule has 7 nitrogen and oxygen atoms in total. The maximum Gasteiger partial charge on any atom is 0.338 e. The van der Waals surface area contributed by atoms with Crippen molar-refractivity contribution >= 4 is 43.3 Å². The molecule has 2 aromatic carbocycles. The lowest BCUT2D eigenvalue weighted by atomic mass is 10.2. The molecule has 170 valence electrons. The monoisotopic (exact) mass is 478 g/mol. The van der Waals surface area contributed by atoms with E-state index in [-0.39, 0.29) is 30.1 Å². The highest BCUT2D eigenvalue weighted by Crippen LogP contribution is 2.20. The third kappa shape index (κ3) is 5.49. The van der Waals surface area contributed by atoms with Crippen LogP contribution in [0.25, 0.3) is 10.2 Å². The molecule has 1 aromatic heterocycles. The number of fused-ring (bicyclic) bond motifs is 1. The molecule has 0 unspecified atom stereocenters. The highest BCUT2D eigenvalue weighted by molar-refractivity contribution is 7.91. The van der Waals surface area contributed by atoms with Crippen LogP contribution < -0.4 is 4.80 Å². The summed E-state index contributed by atoms with van der Waals surface area (Å²) >= 11 is 1.28. The Hall–Kier alpha value is -2.85. The van der Waals surface area contributed by atoms with Crippen molar-refractivity contribution < 1.29 is 27.1 Å². The van der Waals surface area contributed by atoms with Gasteiger partial charge in [-0.15, -0.1) is 0 Å². The standard InChI is InChI=1S/C22H23FN2O5S2/c1-3-25-18-12-7-15(21(27)30-4-2)14-19(18)31-22(25)24-20(26)6-5-13-32(28,29)17-10-8-16(23)9-11-17/h7-12,14H,3-6,13H2,1-2H3. The molecular formula is C22H23FN2O5S2. The fraction of sp³-hybridized carbons (Fsp3) is 0.318. The Kier molecular flexibility index (Phi) is 7.57. The van der Waals surface area contributed by atoms with Gasteiger partial charge in [-0.2, -0.15) is 4.99 Å². The number of ether oxygens (including phenoxy) is 1. The SMILES string of the molecule is CCOC(=O)c1ccc2c(c1)sc(=NC(=O)CCCS(=O)(=O)c1ccc(F)cc1)n2CC. The lowest BCUT2D eigenvalue weighted by molar-refractivity contribution is -0.118. The lowest BCUT2D eigenvalue weighted by Crippen LogP contribution is -2.16. The van der Waals surface area contributed by atoms with Gasteiger partial charge in [-0.1, -0.05) is 11.3 Å². The van der Waals surface area contributed by atoms with Gasteiger partial charge in [-0.05, 0) is 62.7 Å². The molecule has 1 amide bonds. The van der Waals surface area contributed by atoms with Gasteiger partial charge in [0.25, 0.3) is 0 Å². The van der Waals surface area contributed by atoms with Crippen LogP contribution in [-0.4, -0.2) is 37.2 Å². The maximum absolute atomic E-state index is 13.0. The summed E-state index contributed by atoms with van der Waals surface area (Å²) in [4.78, 5) is 29.0. The van der Waals surface area contributed by atoms with E-state index < -0.39 is 27.5 Å². The number of hydrogen-bond acceptors (Lipinski definition) is 6. The number of aryl methyl sites for hydroxylation is 1. The molecule has 0 aliphatic rings. The minimum Gasteiger partial charge on any atom is -0.462 e. The van der Waals surface area contributed by atoms with E-state index in [0.717, 1.165) is 22.3 Å². The van der Waals surface area contributed by atoms with E-state index in [0.29, 0.717) is 16.9 Å². The zero-order valence-corrected chi connectivity index (χ0v) is 19.3. The largest absolute Gasteiger partial charge is 0.462 e. The maximum atomic E-state index is 13.0. The van der Waals surface area contributed by atoms with Gasteiger partial charge in [-0.3, -0.25) is 4.79 Å². The van der Waals surface area contributed by atoms with Crippen LogP contribution in [0.3, 0.4) is 0 Å². The van der Waals surface area contributed by atoms with Crippen molar-refractivity contribution in [3.8, 4) is 0 Å². The molecule has 3 aromatic rings. The molecule has 0 saturated heterocycles. The molecule has 1 heterocycles. The molecule has 0 bridgehead atoms. The predicted octanol–water partition coefficient (Wildman–Crippen LogP) is 3.72. The van der Waals surface area contributed by atoms with E-state index in [2.05, 4.69) is 4.99 Å². The number of rotatable bonds is 8. The molecule has 0 aliphatic heterocycles. The number of thiazole rings is 1. The number of halogens is 1. The van der Waals surface area contributed by atoms with Crippen LogP contribution in [0.4, 0.5) is 4.39 Å². The fourth-order valence-corrected chi connectivity index (χ4v) is 5.60. The number of nitrogens with zero attached hydrogens (tertiary/aromatic N) is 2. The molecular weight excluding hydrogens is 455 g/mol. The van der Waals surface area contributed by atoms with Crippen molar-refractivity contribution in [2.24, 2.45) is 4.99 Å². The van der Waals surface area contributed by atoms with E-state index in [1.54, 1.807) is 25.1 Å². The first-order chi connectivity index (χ1) is 15.2. The van der Waals surface area contributed by atoms with E-state index in [9.17, 15) is 22.4 Å². The smallest absolute Gasteiger partial charge is 0.338 e. The second-order valence-corrected chi connectivity index (χ2v) is 10.0. The van der Waals surface area contributed by atoms with Crippen LogP contribution in [0, 0.1) is 5.82 Å². The zero-order valence-electron chi connectivity index (χ0n) is 17.7. The second kappa shape index (κ2) is 10.2. The highest BCUT2D eigenvalue weighted by Gasteiger charge is 2.16. The average Bonchev–Trinajstić information content (AvgIpc) is 3.10. The summed E-state index contributed by atoms with van der Waals surface area (Å²) in [5.74, 6) is -1.59. The van der Waals surface area contributed by atoms with Gasteiger partial charge in [0.1, 0.15) is 5.82 Å². The molecule has 3 rings (SSSR count). The zero-order chi connectivity index (χ0) is 23.3. The third-order valence-corrected chi connectivity index (χ3v) is 7.56. The molecule has 0 spiro atoms. The van der Waals surface area contributed by atoms with Crippen molar-refractivity contribution in [2.45, 2.75) is 38.1 Å². The topological polar surface area (TPSA) is 94.8 Å². The summed E-state index contributed by atoms with van der Waals surface area (Å²) in [6, 6.07) is 9.78. The molecule has 0 fully saturated rings. The summed E-state index contributed by atoms with van der Waals surface area (Å²) in [6.45, 7) is 4.51. The first-order valence-corrected chi connectivity index (χ1v) is 12.6. The molecule has 0 saturated carbocycles. The fourth-order valence-electron chi connectivity index (χ4n) is 3.14. The molecule has 10 heteroatoms. The highest BCUT2D eigenvalue weighted by atomic mass is 32.2. The number of carbonyl (C=O) groups excluding carboxylic acids is 2. The quantitative estimate of drug-likeness (QED) is 0.363. The van der Waals surface area contributed by atoms with Gasteiger partial charge in [0.15, 0.2) is 14.6 Å².